The molecule has 9 rings (SSSR count). The van der Waals surface area contributed by atoms with Crippen molar-refractivity contribution in [1.82, 2.24) is 54.7 Å². The fourth-order valence-electron chi connectivity index (χ4n) is 8.59. The molecule has 1 unspecified atom stereocenters. The van der Waals surface area contributed by atoms with Crippen molar-refractivity contribution in [2.75, 3.05) is 74.0 Å². The summed E-state index contributed by atoms with van der Waals surface area (Å²) in [6, 6.07) is 13.6. The van der Waals surface area contributed by atoms with Crippen LogP contribution in [0.5, 0.6) is 5.75 Å². The first-order valence-electron chi connectivity index (χ1n) is 22.9. The van der Waals surface area contributed by atoms with E-state index in [4.69, 9.17) is 30.8 Å². The first-order valence-corrected chi connectivity index (χ1v) is 22.9. The molecule has 0 saturated carbocycles. The minimum Gasteiger partial charge on any atom is -0.508 e. The van der Waals surface area contributed by atoms with E-state index in [1.54, 1.807) is 53.4 Å². The first kappa shape index (κ1) is 47.3. The van der Waals surface area contributed by atoms with E-state index in [1.165, 1.54) is 39.7 Å². The van der Waals surface area contributed by atoms with Crippen LogP contribution in [0.4, 0.5) is 23.5 Å². The number of carboxylic acid groups (broad SMARTS) is 1. The van der Waals surface area contributed by atoms with E-state index in [2.05, 4.69) is 30.9 Å². The van der Waals surface area contributed by atoms with E-state index in [9.17, 15) is 34.5 Å². The molecule has 1 aliphatic carbocycles. The van der Waals surface area contributed by atoms with Crippen molar-refractivity contribution in [3.8, 4) is 28.2 Å². The molecule has 5 aromatic rings. The predicted molar refractivity (Wildman–Crippen MR) is 258 cm³/mol. The quantitative estimate of drug-likeness (QED) is 0.0339. The van der Waals surface area contributed by atoms with Gasteiger partial charge in [-0.1, -0.05) is 16.5 Å². The summed E-state index contributed by atoms with van der Waals surface area (Å²) in [5, 5.41) is 50.8. The van der Waals surface area contributed by atoms with Crippen molar-refractivity contribution in [3.05, 3.63) is 94.2 Å². The van der Waals surface area contributed by atoms with Gasteiger partial charge in [-0.3, -0.25) is 19.4 Å². The molecule has 25 heteroatoms. The van der Waals surface area contributed by atoms with Crippen LogP contribution in [0.15, 0.2) is 81.2 Å². The van der Waals surface area contributed by atoms with Gasteiger partial charge in [0.25, 0.3) is 0 Å². The number of carbonyl (C=O) groups is 3. The van der Waals surface area contributed by atoms with Crippen molar-refractivity contribution < 1.29 is 34.1 Å². The van der Waals surface area contributed by atoms with Gasteiger partial charge in [-0.2, -0.15) is 15.0 Å². The molecule has 0 bridgehead atoms. The Labute approximate surface area is 404 Å². The molecule has 2 aromatic carbocycles. The van der Waals surface area contributed by atoms with Crippen molar-refractivity contribution >= 4 is 58.2 Å². The lowest BCUT2D eigenvalue weighted by Crippen LogP contribution is -2.51. The fourth-order valence-corrected chi connectivity index (χ4v) is 8.59. The van der Waals surface area contributed by atoms with Crippen LogP contribution in [-0.2, 0) is 35.5 Å². The number of rotatable bonds is 16. The van der Waals surface area contributed by atoms with E-state index in [-0.39, 0.29) is 64.9 Å². The summed E-state index contributed by atoms with van der Waals surface area (Å²) < 4.78 is 8.96. The fraction of sp³-hybridized carbons (Fsp3) is 0.348. The SMILES string of the molecule is CC(O)Cc1cn(CC(=O)N2CCN(c3nc(Nc4ccc(-c5c6ccc(=O)cc-6oc6cc(O)ccc56)c(C(=O)O)c4)nc(N4CCN(C(=O)Cn5cc(CCCN=C(N)N)nn5)CC4)n3)CC2)nn1. The number of aliphatic hydroxyl groups is 1. The number of anilines is 4. The molecule has 71 heavy (non-hydrogen) atoms. The number of carboxylic acids is 1. The van der Waals surface area contributed by atoms with Crippen LogP contribution in [-0.4, -0.2) is 159 Å². The molecule has 25 nitrogen and oxygen atoms in total. The predicted octanol–water partition coefficient (Wildman–Crippen LogP) is 0.907. The number of amides is 2. The molecule has 2 saturated heterocycles. The Bertz CT molecular complexity index is 3150. The van der Waals surface area contributed by atoms with E-state index >= 15 is 0 Å². The molecular formula is C46H51N17O8. The number of nitrogens with zero attached hydrogens (tertiary/aromatic N) is 14. The van der Waals surface area contributed by atoms with Crippen molar-refractivity contribution in [2.45, 2.75) is 45.4 Å². The van der Waals surface area contributed by atoms with Crippen LogP contribution >= 0.6 is 0 Å². The summed E-state index contributed by atoms with van der Waals surface area (Å²) >= 11 is 0. The minimum atomic E-state index is -1.23. The van der Waals surface area contributed by atoms with E-state index in [0.29, 0.717) is 124 Å². The number of carbonyl (C=O) groups excluding carboxylic acids is 2. The van der Waals surface area contributed by atoms with Crippen molar-refractivity contribution in [3.63, 3.8) is 0 Å². The molecule has 6 heterocycles. The summed E-state index contributed by atoms with van der Waals surface area (Å²) in [6.07, 6.45) is 4.39. The molecule has 1 atom stereocenters. The third-order valence-corrected chi connectivity index (χ3v) is 12.1. The van der Waals surface area contributed by atoms with Gasteiger partial charge in [0, 0.05) is 112 Å². The van der Waals surface area contributed by atoms with Gasteiger partial charge in [0.2, 0.25) is 29.7 Å². The number of hydrogen-bond donors (Lipinski definition) is 6. The van der Waals surface area contributed by atoms with Gasteiger partial charge >= 0.3 is 5.97 Å². The van der Waals surface area contributed by atoms with Gasteiger partial charge in [0.1, 0.15) is 30.2 Å². The third-order valence-electron chi connectivity index (χ3n) is 12.1. The summed E-state index contributed by atoms with van der Waals surface area (Å²) in [6.45, 7) is 5.11. The Hall–Kier alpha value is -8.74. The van der Waals surface area contributed by atoms with Gasteiger partial charge in [-0.05, 0) is 61.7 Å². The molecule has 3 aliphatic heterocycles. The van der Waals surface area contributed by atoms with Gasteiger partial charge in [0.15, 0.2) is 11.4 Å². The number of aliphatic imine (C=N–C) groups is 1. The Balaban J connectivity index is 0.953. The maximum absolute atomic E-state index is 13.4. The van der Waals surface area contributed by atoms with Crippen molar-refractivity contribution in [2.24, 2.45) is 16.5 Å². The normalized spacial score (nSPS) is 14.5. The highest BCUT2D eigenvalue weighted by Gasteiger charge is 2.29. The zero-order valence-corrected chi connectivity index (χ0v) is 38.6. The highest BCUT2D eigenvalue weighted by molar-refractivity contribution is 6.08. The van der Waals surface area contributed by atoms with Crippen LogP contribution in [0, 0.1) is 0 Å². The number of nitrogens with one attached hydrogen (secondary N) is 1. The van der Waals surface area contributed by atoms with Crippen molar-refractivity contribution in [1.29, 1.82) is 0 Å². The highest BCUT2D eigenvalue weighted by Crippen LogP contribution is 2.42. The number of aromatic hydroxyl groups is 1. The average Bonchev–Trinajstić information content (AvgIpc) is 4.00. The zero-order valence-electron chi connectivity index (χ0n) is 38.6. The van der Waals surface area contributed by atoms with Crippen LogP contribution in [0.2, 0.25) is 0 Å². The number of benzene rings is 3. The number of phenols is 1. The van der Waals surface area contributed by atoms with E-state index in [0.717, 1.165) is 5.69 Å². The van der Waals surface area contributed by atoms with Crippen LogP contribution < -0.4 is 32.0 Å². The number of nitrogens with two attached hydrogens (primary N) is 2. The average molecular weight is 970 g/mol. The van der Waals surface area contributed by atoms with Crippen LogP contribution in [0.3, 0.4) is 0 Å². The lowest BCUT2D eigenvalue weighted by atomic mass is 9.90. The smallest absolute Gasteiger partial charge is 0.336 e. The number of aryl methyl sites for hydroxylation is 1. The number of piperazine rings is 2. The van der Waals surface area contributed by atoms with Gasteiger partial charge in [-0.25, -0.2) is 14.2 Å². The number of guanidine groups is 1. The lowest BCUT2D eigenvalue weighted by Gasteiger charge is -2.36. The number of aromatic carboxylic acids is 1. The Morgan fingerprint density at radius 1 is 0.789 bits per heavy atom. The number of aromatic nitrogens is 9. The highest BCUT2D eigenvalue weighted by atomic mass is 16.4. The molecular weight excluding hydrogens is 919 g/mol. The largest absolute Gasteiger partial charge is 0.508 e. The topological polar surface area (TPSA) is 332 Å². The molecule has 2 fully saturated rings. The molecule has 0 spiro atoms. The summed E-state index contributed by atoms with van der Waals surface area (Å²) in [5.41, 5.74) is 13.7. The summed E-state index contributed by atoms with van der Waals surface area (Å²) in [7, 11) is 0. The van der Waals surface area contributed by atoms with Gasteiger partial charge in [0.05, 0.1) is 23.1 Å². The number of hydrogen-bond acceptors (Lipinski definition) is 18. The summed E-state index contributed by atoms with van der Waals surface area (Å²) in [5.74, 6) is -0.555. The maximum Gasteiger partial charge on any atom is 0.336 e. The Morgan fingerprint density at radius 2 is 1.41 bits per heavy atom. The zero-order chi connectivity index (χ0) is 49.8. The number of aliphatic hydroxyl groups excluding tert-OH is 1. The van der Waals surface area contributed by atoms with Gasteiger partial charge in [-0.15, -0.1) is 10.2 Å². The number of phenolic OH excluding ortho intramolecular Hbond substituents is 1. The third kappa shape index (κ3) is 11.1. The molecule has 368 valence electrons. The first-order chi connectivity index (χ1) is 34.2. The molecule has 0 radical (unpaired) electrons. The minimum absolute atomic E-state index is 0.00997. The Kier molecular flexibility index (Phi) is 13.6. The van der Waals surface area contributed by atoms with Gasteiger partial charge < -0.3 is 56.1 Å². The van der Waals surface area contributed by atoms with E-state index < -0.39 is 12.1 Å². The standard InChI is InChI=1S/C46H51N17O8/c1-27(64)19-30-24-63(57-55-30)26-40(68)59-13-17-61(18-14-59)46-52-44(51-45(53-46)60-15-11-58(12-16-60)39(67)25-62-23-29(54-56-62)3-2-10-49-43(47)48)50-28-4-7-33(36(20-28)42(69)70)41-34-8-5-31(65)21-37(34)71-38-22-32(66)6-9-35(38)41/h4-9,20-24,27,64-65H,2-3,10-19,25-26H2,1H3,(H,69,70)(H4,47,48,49)(H,50,51,52,53). The Morgan fingerprint density at radius 3 is 2.03 bits per heavy atom. The maximum atomic E-state index is 13.4. The number of fused-ring (bicyclic) bond motifs is 2. The van der Waals surface area contributed by atoms with Crippen LogP contribution in [0.1, 0.15) is 35.1 Å². The molecule has 3 aromatic heterocycles. The lowest BCUT2D eigenvalue weighted by molar-refractivity contribution is -0.133. The summed E-state index contributed by atoms with van der Waals surface area (Å²) in [4.78, 5) is 78.0. The second-order valence-corrected chi connectivity index (χ2v) is 17.3. The monoisotopic (exact) mass is 969 g/mol. The van der Waals surface area contributed by atoms with Crippen LogP contribution in [0.25, 0.3) is 33.4 Å². The molecule has 4 aliphatic rings. The second kappa shape index (κ2) is 20.5. The molecule has 2 amide bonds. The molecule has 8 N–H and O–H groups in total. The van der Waals surface area contributed by atoms with E-state index in [1.807, 2.05) is 9.80 Å². The second-order valence-electron chi connectivity index (χ2n) is 17.3.